The molecule has 10 nitrogen and oxygen atoms in total. The van der Waals surface area contributed by atoms with Crippen molar-refractivity contribution in [2.45, 2.75) is 12.8 Å². The number of aromatic hydroxyl groups is 4. The number of phenolic OH excluding ortho intramolecular Hbond substituents is 4. The molecule has 0 spiro atoms. The van der Waals surface area contributed by atoms with E-state index in [1.165, 1.54) is 24.3 Å². The molecule has 0 radical (unpaired) electrons. The highest BCUT2D eigenvalue weighted by molar-refractivity contribution is 5.99. The molecule has 4 rings (SSSR count). The van der Waals surface area contributed by atoms with Crippen LogP contribution in [0.5, 0.6) is 23.0 Å². The van der Waals surface area contributed by atoms with Crippen LogP contribution in [0.3, 0.4) is 0 Å². The summed E-state index contributed by atoms with van der Waals surface area (Å²) >= 11 is 0. The topological polar surface area (TPSA) is 171 Å². The Morgan fingerprint density at radius 1 is 0.625 bits per heavy atom. The molecule has 0 atom stereocenters. The minimum Gasteiger partial charge on any atom is -0.504 e. The van der Waals surface area contributed by atoms with Crippen LogP contribution >= 0.6 is 0 Å². The zero-order valence-electron chi connectivity index (χ0n) is 16.9. The van der Waals surface area contributed by atoms with E-state index in [0.29, 0.717) is 59.1 Å². The fourth-order valence-corrected chi connectivity index (χ4v) is 3.40. The molecule has 8 N–H and O–H groups in total. The van der Waals surface area contributed by atoms with E-state index in [1.807, 2.05) is 0 Å². The number of benzene rings is 2. The maximum atomic E-state index is 12.3. The lowest BCUT2D eigenvalue weighted by molar-refractivity contribution is 0.0935. The summed E-state index contributed by atoms with van der Waals surface area (Å²) in [6.45, 7) is 0.816. The van der Waals surface area contributed by atoms with Gasteiger partial charge in [0, 0.05) is 47.0 Å². The smallest absolute Gasteiger partial charge is 0.267 e. The van der Waals surface area contributed by atoms with Crippen molar-refractivity contribution in [2.75, 3.05) is 13.1 Å². The number of nitrogens with one attached hydrogen (secondary N) is 4. The van der Waals surface area contributed by atoms with Gasteiger partial charge in [-0.25, -0.2) is 0 Å². The van der Waals surface area contributed by atoms with Crippen LogP contribution in [0, 0.1) is 0 Å². The van der Waals surface area contributed by atoms with Gasteiger partial charge in [0.1, 0.15) is 11.4 Å². The third kappa shape index (κ3) is 4.24. The van der Waals surface area contributed by atoms with Gasteiger partial charge in [-0.1, -0.05) is 0 Å². The van der Waals surface area contributed by atoms with Gasteiger partial charge >= 0.3 is 0 Å². The first kappa shape index (κ1) is 20.9. The van der Waals surface area contributed by atoms with E-state index >= 15 is 0 Å². The maximum absolute atomic E-state index is 12.3. The van der Waals surface area contributed by atoms with Crippen molar-refractivity contribution >= 4 is 33.6 Å². The molecule has 2 heterocycles. The first-order valence-electron chi connectivity index (χ1n) is 9.97. The highest BCUT2D eigenvalue weighted by atomic mass is 16.3. The molecule has 32 heavy (non-hydrogen) atoms. The molecule has 0 fully saturated rings. The third-order valence-corrected chi connectivity index (χ3v) is 5.10. The number of hydrogen-bond donors (Lipinski definition) is 8. The monoisotopic (exact) mass is 438 g/mol. The van der Waals surface area contributed by atoms with Crippen molar-refractivity contribution in [1.29, 1.82) is 0 Å². The van der Waals surface area contributed by atoms with Gasteiger partial charge in [0.05, 0.1) is 0 Å². The molecule has 0 aliphatic carbocycles. The van der Waals surface area contributed by atoms with E-state index < -0.39 is 0 Å². The molecule has 0 saturated heterocycles. The second-order valence-electron chi connectivity index (χ2n) is 7.44. The lowest BCUT2D eigenvalue weighted by Crippen LogP contribution is -2.27. The van der Waals surface area contributed by atoms with Gasteiger partial charge in [0.25, 0.3) is 11.8 Å². The van der Waals surface area contributed by atoms with E-state index in [2.05, 4.69) is 20.6 Å². The molecule has 0 unspecified atom stereocenters. The zero-order valence-corrected chi connectivity index (χ0v) is 16.9. The van der Waals surface area contributed by atoms with E-state index in [4.69, 9.17) is 0 Å². The summed E-state index contributed by atoms with van der Waals surface area (Å²) < 4.78 is 0. The van der Waals surface area contributed by atoms with Crippen LogP contribution in [-0.4, -0.2) is 55.3 Å². The van der Waals surface area contributed by atoms with Gasteiger partial charge < -0.3 is 41.0 Å². The highest BCUT2D eigenvalue weighted by Gasteiger charge is 2.13. The van der Waals surface area contributed by atoms with Crippen LogP contribution in [0.25, 0.3) is 21.8 Å². The van der Waals surface area contributed by atoms with E-state index in [-0.39, 0.29) is 34.8 Å². The third-order valence-electron chi connectivity index (χ3n) is 5.10. The fraction of sp³-hybridized carbons (Fsp3) is 0.182. The van der Waals surface area contributed by atoms with Gasteiger partial charge in [-0.05, 0) is 37.1 Å². The minimum absolute atomic E-state index is 0.255. The van der Waals surface area contributed by atoms with Gasteiger partial charge in [-0.3, -0.25) is 9.59 Å². The molecule has 0 aliphatic rings. The van der Waals surface area contributed by atoms with Crippen molar-refractivity contribution in [3.05, 3.63) is 47.8 Å². The number of unbranched alkanes of at least 4 members (excludes halogenated alkanes) is 1. The van der Waals surface area contributed by atoms with Gasteiger partial charge in [-0.2, -0.15) is 0 Å². The number of aromatic nitrogens is 2. The van der Waals surface area contributed by atoms with Crippen molar-refractivity contribution in [1.82, 2.24) is 20.6 Å². The van der Waals surface area contributed by atoms with E-state index in [9.17, 15) is 30.0 Å². The van der Waals surface area contributed by atoms with Crippen molar-refractivity contribution in [3.8, 4) is 23.0 Å². The maximum Gasteiger partial charge on any atom is 0.267 e. The summed E-state index contributed by atoms with van der Waals surface area (Å²) in [6, 6.07) is 8.62. The number of hydrogen-bond acceptors (Lipinski definition) is 6. The second kappa shape index (κ2) is 8.42. The molecule has 2 aromatic carbocycles. The number of carbonyl (C=O) groups excluding carboxylic acids is 2. The van der Waals surface area contributed by atoms with Crippen LogP contribution in [0.1, 0.15) is 33.8 Å². The predicted octanol–water partition coefficient (Wildman–Crippen LogP) is 2.41. The summed E-state index contributed by atoms with van der Waals surface area (Å²) in [6.07, 6.45) is 1.28. The Hall–Kier alpha value is -4.34. The Morgan fingerprint density at radius 3 is 1.41 bits per heavy atom. The fourth-order valence-electron chi connectivity index (χ4n) is 3.40. The molecule has 2 amide bonds. The molecule has 0 saturated carbocycles. The Balaban J connectivity index is 1.22. The predicted molar refractivity (Wildman–Crippen MR) is 117 cm³/mol. The van der Waals surface area contributed by atoms with Gasteiger partial charge in [0.15, 0.2) is 23.0 Å². The average Bonchev–Trinajstić information content (AvgIpc) is 3.34. The molecular weight excluding hydrogens is 416 g/mol. The minimum atomic E-state index is -0.311. The molecule has 0 bridgehead atoms. The molecule has 2 aromatic heterocycles. The van der Waals surface area contributed by atoms with Crippen LogP contribution in [0.2, 0.25) is 0 Å². The number of rotatable bonds is 7. The Morgan fingerprint density at radius 2 is 1.00 bits per heavy atom. The number of phenols is 4. The number of fused-ring (bicyclic) bond motifs is 2. The first-order chi connectivity index (χ1) is 15.3. The lowest BCUT2D eigenvalue weighted by atomic mass is 10.2. The molecule has 10 heteroatoms. The summed E-state index contributed by atoms with van der Waals surface area (Å²) in [4.78, 5) is 30.3. The largest absolute Gasteiger partial charge is 0.504 e. The van der Waals surface area contributed by atoms with Gasteiger partial charge in [0.2, 0.25) is 0 Å². The van der Waals surface area contributed by atoms with E-state index in [0.717, 1.165) is 0 Å². The van der Waals surface area contributed by atoms with Crippen LogP contribution in [0.15, 0.2) is 36.4 Å². The van der Waals surface area contributed by atoms with Crippen molar-refractivity contribution < 1.29 is 30.0 Å². The van der Waals surface area contributed by atoms with Crippen LogP contribution in [-0.2, 0) is 0 Å². The van der Waals surface area contributed by atoms with Gasteiger partial charge in [-0.15, -0.1) is 0 Å². The SMILES string of the molecule is O=C(NCCCCNC(=O)c1cc2cc(O)c(O)cc2[nH]1)c1cc2cc(O)c(O)cc2[nH]1. The number of aromatic amines is 2. The zero-order chi connectivity index (χ0) is 22.8. The molecule has 166 valence electrons. The Bertz CT molecular complexity index is 1140. The summed E-state index contributed by atoms with van der Waals surface area (Å²) in [5, 5.41) is 44.9. The van der Waals surface area contributed by atoms with Crippen molar-refractivity contribution in [2.24, 2.45) is 0 Å². The Kier molecular flexibility index (Phi) is 5.50. The molecular formula is C22H22N4O6. The van der Waals surface area contributed by atoms with Crippen LogP contribution < -0.4 is 10.6 Å². The summed E-state index contributed by atoms with van der Waals surface area (Å²) in [7, 11) is 0. The highest BCUT2D eigenvalue weighted by Crippen LogP contribution is 2.31. The summed E-state index contributed by atoms with van der Waals surface area (Å²) in [5.41, 5.74) is 1.70. The number of carbonyl (C=O) groups is 2. The lowest BCUT2D eigenvalue weighted by Gasteiger charge is -2.05. The standard InChI is InChI=1S/C22H22N4O6/c27-17-7-11-5-15(25-13(11)9-19(17)29)21(31)23-3-1-2-4-24-22(32)16-6-12-8-18(28)20(30)10-14(12)26-16/h5-10,25-30H,1-4H2,(H,23,31)(H,24,32). The normalized spacial score (nSPS) is 11.1. The number of H-pyrrole nitrogens is 2. The van der Waals surface area contributed by atoms with Crippen molar-refractivity contribution in [3.63, 3.8) is 0 Å². The average molecular weight is 438 g/mol. The number of amides is 2. The quantitative estimate of drug-likeness (QED) is 0.163. The Labute approximate surface area is 181 Å². The molecule has 4 aromatic rings. The summed E-state index contributed by atoms with van der Waals surface area (Å²) in [5.74, 6) is -1.67. The molecule has 0 aliphatic heterocycles. The van der Waals surface area contributed by atoms with Crippen LogP contribution in [0.4, 0.5) is 0 Å². The second-order valence-corrected chi connectivity index (χ2v) is 7.44. The first-order valence-corrected chi connectivity index (χ1v) is 9.97. The van der Waals surface area contributed by atoms with E-state index in [1.54, 1.807) is 12.1 Å².